The summed E-state index contributed by atoms with van der Waals surface area (Å²) in [5.41, 5.74) is 1.11. The summed E-state index contributed by atoms with van der Waals surface area (Å²) < 4.78 is 7.41. The van der Waals surface area contributed by atoms with Gasteiger partial charge in [-0.2, -0.15) is 0 Å². The minimum absolute atomic E-state index is 0.00471. The molecule has 0 aromatic carbocycles. The van der Waals surface area contributed by atoms with Crippen LogP contribution in [0.3, 0.4) is 0 Å². The Bertz CT molecular complexity index is 594. The fraction of sp³-hybridized carbons (Fsp3) is 0.471. The second-order valence-corrected chi connectivity index (χ2v) is 5.83. The molecule has 3 rings (SSSR count). The van der Waals surface area contributed by atoms with Gasteiger partial charge in [0.15, 0.2) is 0 Å². The van der Waals surface area contributed by atoms with Crippen LogP contribution in [0, 0.1) is 5.92 Å². The van der Waals surface area contributed by atoms with Crippen molar-refractivity contribution in [3.05, 3.63) is 48.8 Å². The quantitative estimate of drug-likeness (QED) is 0.781. The number of aromatic nitrogens is 3. The van der Waals surface area contributed by atoms with Crippen LogP contribution in [-0.2, 0) is 22.6 Å². The van der Waals surface area contributed by atoms with E-state index in [9.17, 15) is 4.79 Å². The van der Waals surface area contributed by atoms with Gasteiger partial charge in [0.1, 0.15) is 0 Å². The zero-order valence-corrected chi connectivity index (χ0v) is 13.2. The number of ether oxygens (including phenoxy) is 1. The molecule has 1 fully saturated rings. The third kappa shape index (κ3) is 4.39. The number of aryl methyl sites for hydroxylation is 1. The Labute approximate surface area is 136 Å². The standard InChI is InChI=1S/C17H22N4O2/c22-17(16-4-11-23-13-16)21(12-15-2-5-18-6-3-15)9-1-8-20-10-7-19-14-20/h2-3,5-7,10,14,16H,1,4,8-9,11-13H2/t16-/m1/s1. The minimum Gasteiger partial charge on any atom is -0.381 e. The largest absolute Gasteiger partial charge is 0.381 e. The van der Waals surface area contributed by atoms with Crippen LogP contribution >= 0.6 is 0 Å². The van der Waals surface area contributed by atoms with E-state index in [2.05, 4.69) is 9.97 Å². The van der Waals surface area contributed by atoms with Gasteiger partial charge in [0.2, 0.25) is 5.91 Å². The van der Waals surface area contributed by atoms with E-state index in [0.29, 0.717) is 19.8 Å². The molecule has 1 saturated heterocycles. The normalized spacial score (nSPS) is 17.3. The van der Waals surface area contributed by atoms with Gasteiger partial charge in [0.05, 0.1) is 18.9 Å². The first-order valence-electron chi connectivity index (χ1n) is 8.04. The highest BCUT2D eigenvalue weighted by atomic mass is 16.5. The first-order valence-corrected chi connectivity index (χ1v) is 8.04. The molecule has 1 aliphatic heterocycles. The number of carbonyl (C=O) groups excluding carboxylic acids is 1. The number of pyridine rings is 1. The average Bonchev–Trinajstić information content (AvgIpc) is 3.28. The monoisotopic (exact) mass is 314 g/mol. The summed E-state index contributed by atoms with van der Waals surface area (Å²) in [6, 6.07) is 3.92. The van der Waals surface area contributed by atoms with Crippen LogP contribution < -0.4 is 0 Å². The molecule has 1 atom stereocenters. The molecular weight excluding hydrogens is 292 g/mol. The van der Waals surface area contributed by atoms with Gasteiger partial charge in [-0.25, -0.2) is 4.98 Å². The zero-order chi connectivity index (χ0) is 15.9. The summed E-state index contributed by atoms with van der Waals surface area (Å²) in [5, 5.41) is 0. The Morgan fingerprint density at radius 1 is 1.30 bits per heavy atom. The molecule has 6 heteroatoms. The van der Waals surface area contributed by atoms with Gasteiger partial charge in [-0.05, 0) is 30.5 Å². The maximum Gasteiger partial charge on any atom is 0.228 e. The lowest BCUT2D eigenvalue weighted by atomic mass is 10.1. The van der Waals surface area contributed by atoms with Crippen LogP contribution in [0.5, 0.6) is 0 Å². The van der Waals surface area contributed by atoms with Crippen LogP contribution in [0.25, 0.3) is 0 Å². The Balaban J connectivity index is 1.61. The van der Waals surface area contributed by atoms with Gasteiger partial charge in [-0.1, -0.05) is 0 Å². The first-order chi connectivity index (χ1) is 11.3. The summed E-state index contributed by atoms with van der Waals surface area (Å²) in [5.74, 6) is 0.204. The molecule has 1 aliphatic rings. The molecule has 6 nitrogen and oxygen atoms in total. The van der Waals surface area contributed by atoms with Gasteiger partial charge in [-0.3, -0.25) is 9.78 Å². The molecule has 2 aromatic heterocycles. The molecule has 1 amide bonds. The smallest absolute Gasteiger partial charge is 0.228 e. The van der Waals surface area contributed by atoms with Crippen molar-refractivity contribution in [3.8, 4) is 0 Å². The van der Waals surface area contributed by atoms with Crippen molar-refractivity contribution in [3.63, 3.8) is 0 Å². The van der Waals surface area contributed by atoms with Crippen molar-refractivity contribution in [1.82, 2.24) is 19.4 Å². The molecule has 122 valence electrons. The minimum atomic E-state index is 0.00471. The van der Waals surface area contributed by atoms with Crippen molar-refractivity contribution in [2.75, 3.05) is 19.8 Å². The summed E-state index contributed by atoms with van der Waals surface area (Å²) in [6.07, 6.45) is 10.8. The molecule has 0 aliphatic carbocycles. The fourth-order valence-corrected chi connectivity index (χ4v) is 2.83. The van der Waals surface area contributed by atoms with Crippen LogP contribution in [0.4, 0.5) is 0 Å². The predicted molar refractivity (Wildman–Crippen MR) is 85.4 cm³/mol. The van der Waals surface area contributed by atoms with Crippen LogP contribution in [-0.4, -0.2) is 45.1 Å². The number of hydrogen-bond acceptors (Lipinski definition) is 4. The van der Waals surface area contributed by atoms with Crippen molar-refractivity contribution in [2.45, 2.75) is 25.9 Å². The SMILES string of the molecule is O=C([C@@H]1CCOC1)N(CCCn1ccnc1)Cc1ccncc1. The molecule has 0 bridgehead atoms. The second-order valence-electron chi connectivity index (χ2n) is 5.83. The van der Waals surface area contributed by atoms with E-state index in [0.717, 1.165) is 31.5 Å². The molecule has 0 unspecified atom stereocenters. The lowest BCUT2D eigenvalue weighted by Crippen LogP contribution is -2.37. The maximum atomic E-state index is 12.8. The van der Waals surface area contributed by atoms with E-state index in [4.69, 9.17) is 4.74 Å². The third-order valence-electron chi connectivity index (χ3n) is 4.12. The van der Waals surface area contributed by atoms with Crippen molar-refractivity contribution >= 4 is 5.91 Å². The zero-order valence-electron chi connectivity index (χ0n) is 13.2. The topological polar surface area (TPSA) is 60.2 Å². The molecule has 3 heterocycles. The predicted octanol–water partition coefficient (Wildman–Crippen LogP) is 1.73. The molecule has 0 radical (unpaired) electrons. The van der Waals surface area contributed by atoms with Crippen molar-refractivity contribution in [1.29, 1.82) is 0 Å². The van der Waals surface area contributed by atoms with E-state index >= 15 is 0 Å². The number of carbonyl (C=O) groups is 1. The van der Waals surface area contributed by atoms with E-state index in [-0.39, 0.29) is 11.8 Å². The van der Waals surface area contributed by atoms with Crippen LogP contribution in [0.15, 0.2) is 43.2 Å². The second kappa shape index (κ2) is 7.87. The van der Waals surface area contributed by atoms with Crippen molar-refractivity contribution < 1.29 is 9.53 Å². The Hall–Kier alpha value is -2.21. The average molecular weight is 314 g/mol. The lowest BCUT2D eigenvalue weighted by Gasteiger charge is -2.25. The number of nitrogens with zero attached hydrogens (tertiary/aromatic N) is 4. The molecule has 0 spiro atoms. The Kier molecular flexibility index (Phi) is 5.37. The molecule has 2 aromatic rings. The number of imidazole rings is 1. The van der Waals surface area contributed by atoms with Crippen LogP contribution in [0.1, 0.15) is 18.4 Å². The highest BCUT2D eigenvalue weighted by molar-refractivity contribution is 5.79. The number of rotatable bonds is 7. The van der Waals surface area contributed by atoms with Gasteiger partial charge in [0.25, 0.3) is 0 Å². The summed E-state index contributed by atoms with van der Waals surface area (Å²) in [4.78, 5) is 22.8. The van der Waals surface area contributed by atoms with Crippen LogP contribution in [0.2, 0.25) is 0 Å². The number of amides is 1. The Morgan fingerprint density at radius 2 is 2.17 bits per heavy atom. The molecule has 0 saturated carbocycles. The fourth-order valence-electron chi connectivity index (χ4n) is 2.83. The van der Waals surface area contributed by atoms with Crippen molar-refractivity contribution in [2.24, 2.45) is 5.92 Å². The molecule has 0 N–H and O–H groups in total. The van der Waals surface area contributed by atoms with E-state index in [1.165, 1.54) is 0 Å². The van der Waals surface area contributed by atoms with Gasteiger partial charge >= 0.3 is 0 Å². The highest BCUT2D eigenvalue weighted by Gasteiger charge is 2.27. The summed E-state index contributed by atoms with van der Waals surface area (Å²) >= 11 is 0. The van der Waals surface area contributed by atoms with Gasteiger partial charge < -0.3 is 14.2 Å². The van der Waals surface area contributed by atoms with E-state index < -0.39 is 0 Å². The van der Waals surface area contributed by atoms with Gasteiger partial charge in [-0.15, -0.1) is 0 Å². The van der Waals surface area contributed by atoms with E-state index in [1.54, 1.807) is 24.9 Å². The molecular formula is C17H22N4O2. The maximum absolute atomic E-state index is 12.8. The number of hydrogen-bond donors (Lipinski definition) is 0. The van der Waals surface area contributed by atoms with E-state index in [1.807, 2.05) is 27.8 Å². The highest BCUT2D eigenvalue weighted by Crippen LogP contribution is 2.17. The summed E-state index contributed by atoms with van der Waals surface area (Å²) in [7, 11) is 0. The third-order valence-corrected chi connectivity index (χ3v) is 4.12. The lowest BCUT2D eigenvalue weighted by molar-refractivity contribution is -0.136. The molecule has 23 heavy (non-hydrogen) atoms. The first kappa shape index (κ1) is 15.7. The van der Waals surface area contributed by atoms with Gasteiger partial charge in [0, 0.05) is 51.0 Å². The Morgan fingerprint density at radius 3 is 2.87 bits per heavy atom. The summed E-state index contributed by atoms with van der Waals surface area (Å²) in [6.45, 7) is 3.46.